The van der Waals surface area contributed by atoms with Crippen LogP contribution in [0.1, 0.15) is 46.0 Å². The molecule has 0 aromatic rings. The van der Waals surface area contributed by atoms with E-state index in [1.165, 1.54) is 51.9 Å². The van der Waals surface area contributed by atoms with Crippen LogP contribution in [0, 0.1) is 29.7 Å². The van der Waals surface area contributed by atoms with Gasteiger partial charge in [-0.1, -0.05) is 20.3 Å². The highest BCUT2D eigenvalue weighted by atomic mass is 15.4. The minimum absolute atomic E-state index is 0.265. The zero-order valence-corrected chi connectivity index (χ0v) is 18.4. The first kappa shape index (κ1) is 21.9. The molecule has 3 rings (SSSR count). The van der Waals surface area contributed by atoms with Gasteiger partial charge in [0.25, 0.3) is 0 Å². The van der Waals surface area contributed by atoms with Crippen LogP contribution in [0.15, 0.2) is 11.5 Å². The summed E-state index contributed by atoms with van der Waals surface area (Å²) in [5, 5.41) is 9.54. The summed E-state index contributed by atoms with van der Waals surface area (Å²) in [6, 6.07) is 2.16. The lowest BCUT2D eigenvalue weighted by molar-refractivity contribution is 0.130. The summed E-state index contributed by atoms with van der Waals surface area (Å²) >= 11 is 0. The second-order valence-corrected chi connectivity index (χ2v) is 9.33. The number of nitriles is 1. The molecule has 29 heavy (non-hydrogen) atoms. The Hall–Kier alpha value is -1.76. The van der Waals surface area contributed by atoms with E-state index in [4.69, 9.17) is 6.57 Å². The lowest BCUT2D eigenvalue weighted by Gasteiger charge is -2.36. The summed E-state index contributed by atoms with van der Waals surface area (Å²) in [6.07, 6.45) is 6.45. The van der Waals surface area contributed by atoms with Gasteiger partial charge < -0.3 is 19.6 Å². The van der Waals surface area contributed by atoms with Crippen molar-refractivity contribution in [2.75, 3.05) is 65.4 Å². The SMILES string of the molecule is [C-]#[N+]C(C#N)=C1N(CCCN2CCCCC2)CCN1CCN1CC(C)CC(C)C1. The van der Waals surface area contributed by atoms with Crippen LogP contribution < -0.4 is 0 Å². The summed E-state index contributed by atoms with van der Waals surface area (Å²) in [5.41, 5.74) is 0.265. The highest BCUT2D eigenvalue weighted by Crippen LogP contribution is 2.25. The Labute approximate surface area is 177 Å². The third-order valence-electron chi connectivity index (χ3n) is 6.65. The molecule has 0 amide bonds. The molecule has 0 saturated carbocycles. The Morgan fingerprint density at radius 3 is 2.21 bits per heavy atom. The minimum atomic E-state index is 0.265. The normalized spacial score (nSPS) is 28.3. The van der Waals surface area contributed by atoms with Crippen LogP contribution in [-0.2, 0) is 0 Å². The summed E-state index contributed by atoms with van der Waals surface area (Å²) in [6.45, 7) is 22.9. The second kappa shape index (κ2) is 10.9. The molecule has 3 aliphatic heterocycles. The van der Waals surface area contributed by atoms with Crippen molar-refractivity contribution in [3.8, 4) is 6.07 Å². The number of rotatable bonds is 7. The molecule has 3 saturated heterocycles. The largest absolute Gasteiger partial charge is 0.365 e. The van der Waals surface area contributed by atoms with Gasteiger partial charge in [0.2, 0.25) is 0 Å². The number of likely N-dealkylation sites (tertiary alicyclic amines) is 2. The number of nitrogens with zero attached hydrogens (tertiary/aromatic N) is 6. The monoisotopic (exact) mass is 398 g/mol. The average Bonchev–Trinajstić information content (AvgIpc) is 3.10. The number of piperidine rings is 2. The van der Waals surface area contributed by atoms with E-state index in [1.807, 2.05) is 0 Å². The van der Waals surface area contributed by atoms with Gasteiger partial charge in [0.05, 0.1) is 12.6 Å². The molecule has 0 aliphatic carbocycles. The van der Waals surface area contributed by atoms with Crippen LogP contribution in [0.4, 0.5) is 0 Å². The summed E-state index contributed by atoms with van der Waals surface area (Å²) in [5.74, 6) is 2.41. The van der Waals surface area contributed by atoms with Crippen molar-refractivity contribution in [3.63, 3.8) is 0 Å². The van der Waals surface area contributed by atoms with Crippen molar-refractivity contribution in [3.05, 3.63) is 22.9 Å². The van der Waals surface area contributed by atoms with Crippen molar-refractivity contribution in [1.29, 1.82) is 5.26 Å². The van der Waals surface area contributed by atoms with Gasteiger partial charge in [-0.05, 0) is 57.2 Å². The third kappa shape index (κ3) is 6.11. The van der Waals surface area contributed by atoms with Crippen molar-refractivity contribution in [2.45, 2.75) is 46.0 Å². The fourth-order valence-corrected chi connectivity index (χ4v) is 5.42. The quantitative estimate of drug-likeness (QED) is 0.487. The van der Waals surface area contributed by atoms with E-state index in [0.717, 1.165) is 63.3 Å². The lowest BCUT2D eigenvalue weighted by atomic mass is 9.92. The van der Waals surface area contributed by atoms with Gasteiger partial charge in [0.15, 0.2) is 0 Å². The van der Waals surface area contributed by atoms with Crippen molar-refractivity contribution < 1.29 is 0 Å². The smallest absolute Gasteiger partial charge is 0.300 e. The topological polar surface area (TPSA) is 41.1 Å². The Bertz CT molecular complexity index is 613. The predicted octanol–water partition coefficient (Wildman–Crippen LogP) is 3.07. The molecule has 3 heterocycles. The molecule has 6 heteroatoms. The van der Waals surface area contributed by atoms with Gasteiger partial charge in [0.1, 0.15) is 5.82 Å². The van der Waals surface area contributed by atoms with Gasteiger partial charge in [-0.15, -0.1) is 0 Å². The van der Waals surface area contributed by atoms with Crippen LogP contribution in [0.5, 0.6) is 0 Å². The summed E-state index contributed by atoms with van der Waals surface area (Å²) < 4.78 is 0. The van der Waals surface area contributed by atoms with E-state index in [9.17, 15) is 5.26 Å². The van der Waals surface area contributed by atoms with Gasteiger partial charge in [-0.25, -0.2) is 10.1 Å². The van der Waals surface area contributed by atoms with Gasteiger partial charge in [-0.3, -0.25) is 0 Å². The van der Waals surface area contributed by atoms with Crippen molar-refractivity contribution >= 4 is 0 Å². The second-order valence-electron chi connectivity index (χ2n) is 9.33. The highest BCUT2D eigenvalue weighted by Gasteiger charge is 2.29. The molecule has 3 aliphatic rings. The maximum absolute atomic E-state index is 9.54. The number of hydrogen-bond acceptors (Lipinski definition) is 5. The third-order valence-corrected chi connectivity index (χ3v) is 6.65. The molecule has 3 fully saturated rings. The van der Waals surface area contributed by atoms with E-state index < -0.39 is 0 Å². The fourth-order valence-electron chi connectivity index (χ4n) is 5.42. The molecule has 2 atom stereocenters. The molecular weight excluding hydrogens is 360 g/mol. The molecule has 0 aromatic heterocycles. The first-order chi connectivity index (χ1) is 14.1. The molecule has 0 aromatic carbocycles. The average molecular weight is 399 g/mol. The highest BCUT2D eigenvalue weighted by molar-refractivity contribution is 5.33. The van der Waals surface area contributed by atoms with Crippen molar-refractivity contribution in [2.24, 2.45) is 11.8 Å². The molecule has 160 valence electrons. The molecule has 2 unspecified atom stereocenters. The number of allylic oxidation sites excluding steroid dienone is 1. The van der Waals surface area contributed by atoms with E-state index >= 15 is 0 Å². The minimum Gasteiger partial charge on any atom is -0.365 e. The molecule has 0 radical (unpaired) electrons. The maximum atomic E-state index is 9.54. The molecule has 0 N–H and O–H groups in total. The van der Waals surface area contributed by atoms with Gasteiger partial charge in [0, 0.05) is 45.8 Å². The standard InChI is InChI=1S/C23H38N6/c1-20-16-21(2)19-27(18-20)12-13-29-15-14-28(23(29)22(17-24)25-3)11-7-10-26-8-5-4-6-9-26/h20-21H,4-16,18-19H2,1-2H3. The summed E-state index contributed by atoms with van der Waals surface area (Å²) in [4.78, 5) is 13.3. The molecule has 6 nitrogen and oxygen atoms in total. The van der Waals surface area contributed by atoms with Crippen LogP contribution in [-0.4, -0.2) is 85.0 Å². The van der Waals surface area contributed by atoms with Gasteiger partial charge >= 0.3 is 5.70 Å². The molecular formula is C23H38N6. The first-order valence-electron chi connectivity index (χ1n) is 11.6. The Morgan fingerprint density at radius 2 is 1.59 bits per heavy atom. The zero-order chi connectivity index (χ0) is 20.6. The summed E-state index contributed by atoms with van der Waals surface area (Å²) in [7, 11) is 0. The maximum Gasteiger partial charge on any atom is 0.300 e. The van der Waals surface area contributed by atoms with E-state index in [0.29, 0.717) is 0 Å². The Kier molecular flexibility index (Phi) is 8.21. The van der Waals surface area contributed by atoms with Crippen molar-refractivity contribution in [1.82, 2.24) is 19.6 Å². The van der Waals surface area contributed by atoms with Crippen LogP contribution in [0.3, 0.4) is 0 Å². The van der Waals surface area contributed by atoms with E-state index in [1.54, 1.807) is 0 Å². The first-order valence-corrected chi connectivity index (χ1v) is 11.6. The van der Waals surface area contributed by atoms with Gasteiger partial charge in [-0.2, -0.15) is 0 Å². The zero-order valence-electron chi connectivity index (χ0n) is 18.4. The fraction of sp³-hybridized carbons (Fsp3) is 0.826. The van der Waals surface area contributed by atoms with E-state index in [-0.39, 0.29) is 5.70 Å². The molecule has 0 spiro atoms. The van der Waals surface area contributed by atoms with Crippen LogP contribution in [0.2, 0.25) is 0 Å². The van der Waals surface area contributed by atoms with Crippen LogP contribution in [0.25, 0.3) is 4.85 Å². The van der Waals surface area contributed by atoms with E-state index in [2.05, 4.69) is 44.4 Å². The Balaban J connectivity index is 1.55. The molecule has 0 bridgehead atoms. The number of hydrogen-bond donors (Lipinski definition) is 0. The Morgan fingerprint density at radius 1 is 0.931 bits per heavy atom. The van der Waals surface area contributed by atoms with Crippen LogP contribution >= 0.6 is 0 Å². The lowest BCUT2D eigenvalue weighted by Crippen LogP contribution is -2.42. The predicted molar refractivity (Wildman–Crippen MR) is 117 cm³/mol.